The Hall–Kier alpha value is -1.99. The molecule has 0 amide bonds. The van der Waals surface area contributed by atoms with Crippen LogP contribution in [0.3, 0.4) is 0 Å². The molecule has 3 aromatic rings. The maximum Gasteiger partial charge on any atom is 0.215 e. The molecule has 3 aromatic heterocycles. The topological polar surface area (TPSA) is 89.7 Å². The molecule has 0 saturated heterocycles. The second kappa shape index (κ2) is 5.56. The van der Waals surface area contributed by atoms with E-state index in [1.165, 1.54) is 0 Å². The first kappa shape index (κ1) is 13.0. The average Bonchev–Trinajstić information content (AvgIpc) is 3.05. The average molecular weight is 289 g/mol. The molecule has 0 spiro atoms. The van der Waals surface area contributed by atoms with Crippen LogP contribution in [0.2, 0.25) is 0 Å². The second-order valence-corrected chi connectivity index (χ2v) is 5.15. The number of hydrogen-bond donors (Lipinski definition) is 2. The van der Waals surface area contributed by atoms with E-state index in [-0.39, 0.29) is 0 Å². The largest absolute Gasteiger partial charge is 0.478 e. The van der Waals surface area contributed by atoms with E-state index in [0.29, 0.717) is 24.7 Å². The molecule has 0 atom stereocenters. The number of rotatable bonds is 5. The number of nitrogens with two attached hydrogens (primary N) is 1. The fourth-order valence-corrected chi connectivity index (χ4v) is 2.68. The molecule has 7 heteroatoms. The summed E-state index contributed by atoms with van der Waals surface area (Å²) in [6.07, 6.45) is 0.789. The van der Waals surface area contributed by atoms with E-state index in [9.17, 15) is 0 Å². The van der Waals surface area contributed by atoms with Crippen LogP contribution in [0.25, 0.3) is 22.7 Å². The zero-order valence-electron chi connectivity index (χ0n) is 11.1. The van der Waals surface area contributed by atoms with Gasteiger partial charge < -0.3 is 15.5 Å². The number of aromatic amines is 1. The van der Waals surface area contributed by atoms with Gasteiger partial charge in [-0.3, -0.25) is 0 Å². The van der Waals surface area contributed by atoms with Crippen molar-refractivity contribution in [3.63, 3.8) is 0 Å². The van der Waals surface area contributed by atoms with Crippen molar-refractivity contribution in [3.8, 4) is 17.4 Å². The van der Waals surface area contributed by atoms with Crippen molar-refractivity contribution in [1.82, 2.24) is 19.9 Å². The maximum atomic E-state index is 5.53. The van der Waals surface area contributed by atoms with E-state index >= 15 is 0 Å². The quantitative estimate of drug-likeness (QED) is 0.749. The van der Waals surface area contributed by atoms with Gasteiger partial charge in [0, 0.05) is 17.9 Å². The summed E-state index contributed by atoms with van der Waals surface area (Å²) in [5.41, 5.74) is 7.87. The Morgan fingerprint density at radius 3 is 3.00 bits per heavy atom. The number of H-pyrrole nitrogens is 1. The Morgan fingerprint density at radius 1 is 1.30 bits per heavy atom. The second-order valence-electron chi connectivity index (χ2n) is 4.20. The van der Waals surface area contributed by atoms with Crippen LogP contribution in [-0.4, -0.2) is 33.1 Å². The molecule has 0 bridgehead atoms. The Kier molecular flexibility index (Phi) is 3.62. The number of pyridine rings is 1. The number of ether oxygens (including phenoxy) is 1. The monoisotopic (exact) mass is 289 g/mol. The first-order chi connectivity index (χ1) is 9.80. The molecule has 0 aromatic carbocycles. The van der Waals surface area contributed by atoms with Gasteiger partial charge in [0.15, 0.2) is 11.5 Å². The summed E-state index contributed by atoms with van der Waals surface area (Å²) in [5.74, 6) is 1.31. The van der Waals surface area contributed by atoms with E-state index < -0.39 is 0 Å². The molecule has 0 aliphatic rings. The van der Waals surface area contributed by atoms with Crippen molar-refractivity contribution in [2.45, 2.75) is 13.3 Å². The summed E-state index contributed by atoms with van der Waals surface area (Å²) in [6.45, 7) is 3.12. The van der Waals surface area contributed by atoms with E-state index in [1.807, 2.05) is 24.4 Å². The molecule has 0 radical (unpaired) electrons. The molecule has 0 aliphatic heterocycles. The lowest BCUT2D eigenvalue weighted by molar-refractivity contribution is 0.328. The van der Waals surface area contributed by atoms with Gasteiger partial charge >= 0.3 is 0 Å². The lowest BCUT2D eigenvalue weighted by Gasteiger charge is -1.99. The van der Waals surface area contributed by atoms with Crippen molar-refractivity contribution < 1.29 is 4.74 Å². The Morgan fingerprint density at radius 2 is 2.20 bits per heavy atom. The number of aromatic nitrogens is 4. The van der Waals surface area contributed by atoms with Crippen LogP contribution in [0, 0.1) is 0 Å². The SMILES string of the molecule is CCOc1ccc2[nH]c(-c3csc(CCN)n3)nc2n1. The highest BCUT2D eigenvalue weighted by atomic mass is 32.1. The Balaban J connectivity index is 1.94. The third-order valence-electron chi connectivity index (χ3n) is 2.77. The van der Waals surface area contributed by atoms with Crippen LogP contribution in [0.5, 0.6) is 5.88 Å². The molecule has 0 saturated carbocycles. The van der Waals surface area contributed by atoms with Gasteiger partial charge in [-0.05, 0) is 19.5 Å². The Bertz CT molecular complexity index is 720. The van der Waals surface area contributed by atoms with Gasteiger partial charge in [-0.25, -0.2) is 9.97 Å². The van der Waals surface area contributed by atoms with Crippen LogP contribution in [0.15, 0.2) is 17.5 Å². The lowest BCUT2D eigenvalue weighted by atomic mass is 10.4. The summed E-state index contributed by atoms with van der Waals surface area (Å²) in [5, 5.41) is 3.00. The minimum absolute atomic E-state index is 0.583. The Labute approximate surface area is 120 Å². The van der Waals surface area contributed by atoms with Gasteiger partial charge in [0.1, 0.15) is 5.69 Å². The fraction of sp³-hybridized carbons (Fsp3) is 0.308. The smallest absolute Gasteiger partial charge is 0.215 e. The predicted octanol–water partition coefficient (Wildman–Crippen LogP) is 1.98. The van der Waals surface area contributed by atoms with Crippen LogP contribution < -0.4 is 10.5 Å². The van der Waals surface area contributed by atoms with E-state index in [1.54, 1.807) is 11.3 Å². The van der Waals surface area contributed by atoms with Gasteiger partial charge in [0.2, 0.25) is 5.88 Å². The highest BCUT2D eigenvalue weighted by Crippen LogP contribution is 2.23. The standard InChI is InChI=1S/C13H15N5OS/c1-2-19-10-4-3-8-12(17-10)18-13(16-8)9-7-20-11(15-9)5-6-14/h3-4,7H,2,5-6,14H2,1H3,(H,16,17,18). The van der Waals surface area contributed by atoms with Crippen LogP contribution in [-0.2, 0) is 6.42 Å². The molecule has 3 heterocycles. The first-order valence-electron chi connectivity index (χ1n) is 6.44. The van der Waals surface area contributed by atoms with E-state index in [4.69, 9.17) is 10.5 Å². The third-order valence-corrected chi connectivity index (χ3v) is 3.67. The van der Waals surface area contributed by atoms with Crippen molar-refractivity contribution in [2.75, 3.05) is 13.2 Å². The van der Waals surface area contributed by atoms with Crippen molar-refractivity contribution in [3.05, 3.63) is 22.5 Å². The predicted molar refractivity (Wildman–Crippen MR) is 78.9 cm³/mol. The van der Waals surface area contributed by atoms with Crippen LogP contribution in [0.1, 0.15) is 11.9 Å². The van der Waals surface area contributed by atoms with Gasteiger partial charge in [-0.2, -0.15) is 4.98 Å². The van der Waals surface area contributed by atoms with Crippen LogP contribution >= 0.6 is 11.3 Å². The van der Waals surface area contributed by atoms with E-state index in [2.05, 4.69) is 19.9 Å². The lowest BCUT2D eigenvalue weighted by Crippen LogP contribution is -2.02. The number of nitrogens with zero attached hydrogens (tertiary/aromatic N) is 3. The van der Waals surface area contributed by atoms with Crippen molar-refractivity contribution in [2.24, 2.45) is 5.73 Å². The maximum absolute atomic E-state index is 5.53. The molecule has 3 N–H and O–H groups in total. The van der Waals surface area contributed by atoms with Crippen molar-refractivity contribution >= 4 is 22.5 Å². The van der Waals surface area contributed by atoms with Crippen LogP contribution in [0.4, 0.5) is 0 Å². The molecule has 104 valence electrons. The van der Waals surface area contributed by atoms with Crippen molar-refractivity contribution in [1.29, 1.82) is 0 Å². The summed E-state index contributed by atoms with van der Waals surface area (Å²) < 4.78 is 5.37. The number of thiazole rings is 1. The number of nitrogens with one attached hydrogen (secondary N) is 1. The first-order valence-corrected chi connectivity index (χ1v) is 7.32. The molecular weight excluding hydrogens is 274 g/mol. The van der Waals surface area contributed by atoms with Gasteiger partial charge in [-0.15, -0.1) is 11.3 Å². The van der Waals surface area contributed by atoms with Gasteiger partial charge in [0.05, 0.1) is 17.1 Å². The number of imidazole rings is 1. The normalized spacial score (nSPS) is 11.1. The third kappa shape index (κ3) is 2.50. The molecule has 3 rings (SSSR count). The summed E-state index contributed by atoms with van der Waals surface area (Å²) in [6, 6.07) is 3.74. The summed E-state index contributed by atoms with van der Waals surface area (Å²) in [7, 11) is 0. The fourth-order valence-electron chi connectivity index (χ4n) is 1.88. The zero-order chi connectivity index (χ0) is 13.9. The highest BCUT2D eigenvalue weighted by Gasteiger charge is 2.10. The van der Waals surface area contributed by atoms with Gasteiger partial charge in [-0.1, -0.05) is 0 Å². The molecule has 20 heavy (non-hydrogen) atoms. The van der Waals surface area contributed by atoms with Gasteiger partial charge in [0.25, 0.3) is 0 Å². The number of fused-ring (bicyclic) bond motifs is 1. The minimum Gasteiger partial charge on any atom is -0.478 e. The minimum atomic E-state index is 0.583. The van der Waals surface area contributed by atoms with E-state index in [0.717, 1.165) is 28.5 Å². The molecule has 0 aliphatic carbocycles. The highest BCUT2D eigenvalue weighted by molar-refractivity contribution is 7.09. The zero-order valence-corrected chi connectivity index (χ0v) is 11.9. The summed E-state index contributed by atoms with van der Waals surface area (Å²) in [4.78, 5) is 16.5. The molecule has 6 nitrogen and oxygen atoms in total. The molecule has 0 fully saturated rings. The molecule has 0 unspecified atom stereocenters. The molecular formula is C13H15N5OS. The summed E-state index contributed by atoms with van der Waals surface area (Å²) >= 11 is 1.59. The number of hydrogen-bond acceptors (Lipinski definition) is 6.